The van der Waals surface area contributed by atoms with E-state index in [1.165, 1.54) is 4.90 Å². The highest BCUT2D eigenvalue weighted by molar-refractivity contribution is 6.99. The number of imide groups is 1. The van der Waals surface area contributed by atoms with Crippen LogP contribution in [0.15, 0.2) is 132 Å². The summed E-state index contributed by atoms with van der Waals surface area (Å²) in [5, 5.41) is 23.7. The Morgan fingerprint density at radius 3 is 2.06 bits per heavy atom. The van der Waals surface area contributed by atoms with Gasteiger partial charge in [-0.3, -0.25) is 14.5 Å². The van der Waals surface area contributed by atoms with Gasteiger partial charge in [0, 0.05) is 5.56 Å². The number of phenols is 1. The Balaban J connectivity index is 1.31. The minimum absolute atomic E-state index is 0.202. The lowest BCUT2D eigenvalue weighted by molar-refractivity contribution is -0.122. The number of aromatic hydroxyl groups is 1. The Kier molecular flexibility index (Phi) is 10.5. The van der Waals surface area contributed by atoms with Gasteiger partial charge in [-0.25, -0.2) is 0 Å². The molecular formula is C44H48BNO6Si. The number of allylic oxidation sites excluding steroid dienone is 1. The van der Waals surface area contributed by atoms with Gasteiger partial charge in [0.2, 0.25) is 11.8 Å². The molecule has 0 spiro atoms. The zero-order chi connectivity index (χ0) is 37.3. The lowest BCUT2D eigenvalue weighted by atomic mass is 9.58. The minimum Gasteiger partial charge on any atom is -0.507 e. The van der Waals surface area contributed by atoms with E-state index in [0.717, 1.165) is 32.7 Å². The predicted molar refractivity (Wildman–Crippen MR) is 213 cm³/mol. The molecule has 2 heterocycles. The zero-order valence-electron chi connectivity index (χ0n) is 30.9. The van der Waals surface area contributed by atoms with Gasteiger partial charge in [0.25, 0.3) is 8.32 Å². The van der Waals surface area contributed by atoms with Crippen LogP contribution >= 0.6 is 0 Å². The molecule has 272 valence electrons. The molecule has 2 aliphatic heterocycles. The normalized spacial score (nSPS) is 22.2. The van der Waals surface area contributed by atoms with Crippen molar-refractivity contribution in [3.05, 3.63) is 138 Å². The molecule has 0 aromatic heterocycles. The first-order valence-electron chi connectivity index (χ1n) is 18.7. The van der Waals surface area contributed by atoms with Crippen molar-refractivity contribution in [1.29, 1.82) is 0 Å². The van der Waals surface area contributed by atoms with Crippen molar-refractivity contribution in [3.63, 3.8) is 0 Å². The smallest absolute Gasteiger partial charge is 0.455 e. The number of hydrogen-bond acceptors (Lipinski definition) is 6. The maximum Gasteiger partial charge on any atom is 0.455 e. The highest BCUT2D eigenvalue weighted by Crippen LogP contribution is 2.52. The van der Waals surface area contributed by atoms with E-state index in [-0.39, 0.29) is 41.4 Å². The van der Waals surface area contributed by atoms with Crippen LogP contribution in [0.2, 0.25) is 11.4 Å². The highest BCUT2D eigenvalue weighted by atomic mass is 28.4. The topological polar surface area (TPSA) is 96.3 Å². The van der Waals surface area contributed by atoms with Crippen LogP contribution in [0, 0.1) is 17.8 Å². The lowest BCUT2D eigenvalue weighted by Crippen LogP contribution is -2.66. The van der Waals surface area contributed by atoms with E-state index in [0.29, 0.717) is 24.9 Å². The maximum absolute atomic E-state index is 14.3. The van der Waals surface area contributed by atoms with Crippen LogP contribution in [0.5, 0.6) is 5.75 Å². The second-order valence-corrected chi connectivity index (χ2v) is 20.0. The fourth-order valence-corrected chi connectivity index (χ4v) is 13.5. The highest BCUT2D eigenvalue weighted by Gasteiger charge is 2.58. The van der Waals surface area contributed by atoms with Gasteiger partial charge in [0.1, 0.15) is 5.75 Å². The SMILES string of the molecule is C/C(=C\c1ccccc1O)CC[C@H]1OB(O)C[C@H]2C1=C(CO[Si](c1ccccc1)(c1ccccc1)C(C)(C)C)C[C@H]1C(=O)N(c3ccccc3)C(=O)[C@H]12. The molecule has 2 amide bonds. The third kappa shape index (κ3) is 6.99. The van der Waals surface area contributed by atoms with Crippen molar-refractivity contribution in [1.82, 2.24) is 0 Å². The maximum atomic E-state index is 14.3. The first-order valence-corrected chi connectivity index (χ1v) is 20.6. The van der Waals surface area contributed by atoms with Gasteiger partial charge >= 0.3 is 7.12 Å². The van der Waals surface area contributed by atoms with Gasteiger partial charge in [-0.15, -0.1) is 0 Å². The van der Waals surface area contributed by atoms with Crippen molar-refractivity contribution in [2.75, 3.05) is 11.5 Å². The molecule has 1 aliphatic carbocycles. The van der Waals surface area contributed by atoms with Gasteiger partial charge in [0.05, 0.1) is 30.2 Å². The molecule has 2 fully saturated rings. The fraction of sp³-hybridized carbons (Fsp3) is 0.318. The predicted octanol–water partition coefficient (Wildman–Crippen LogP) is 7.15. The summed E-state index contributed by atoms with van der Waals surface area (Å²) in [5.41, 5.74) is 4.33. The monoisotopic (exact) mass is 725 g/mol. The molecule has 53 heavy (non-hydrogen) atoms. The molecule has 2 N–H and O–H groups in total. The van der Waals surface area contributed by atoms with E-state index in [2.05, 4.69) is 69.3 Å². The standard InChI is InChI=1S/C44H48BNO6Si/c1-30(26-31-16-14-15-23-38(31)47)24-25-39-40-32(29-51-53(44(2,3)4,34-19-10-6-11-20-34)35-21-12-7-13-22-35)27-36-41(37(40)28-45(50)52-39)43(49)46(42(36)48)33-17-8-5-9-18-33/h5-23,26,36-37,39,41,47,50H,24-25,27-29H2,1-4H3/b30-26+/t36-,37+,39-,41-/m1/s1. The summed E-state index contributed by atoms with van der Waals surface area (Å²) in [6.45, 7) is 9.04. The summed E-state index contributed by atoms with van der Waals surface area (Å²) in [4.78, 5) is 30.0. The van der Waals surface area contributed by atoms with Gasteiger partial charge in [-0.1, -0.05) is 129 Å². The Labute approximate surface area is 314 Å². The van der Waals surface area contributed by atoms with Gasteiger partial charge in [-0.05, 0) is 83.2 Å². The second-order valence-electron chi connectivity index (χ2n) is 15.7. The zero-order valence-corrected chi connectivity index (χ0v) is 31.9. The number of phenolic OH excluding ortho intramolecular Hbond substituents is 1. The van der Waals surface area contributed by atoms with E-state index in [9.17, 15) is 19.7 Å². The summed E-state index contributed by atoms with van der Waals surface area (Å²) in [5.74, 6) is -1.76. The van der Waals surface area contributed by atoms with Crippen molar-refractivity contribution >= 4 is 49.4 Å². The summed E-state index contributed by atoms with van der Waals surface area (Å²) < 4.78 is 13.9. The molecule has 0 radical (unpaired) electrons. The van der Waals surface area contributed by atoms with Gasteiger partial charge in [0.15, 0.2) is 0 Å². The fourth-order valence-electron chi connectivity index (χ4n) is 8.99. The average molecular weight is 726 g/mol. The minimum atomic E-state index is -2.96. The van der Waals surface area contributed by atoms with E-state index >= 15 is 0 Å². The third-order valence-electron chi connectivity index (χ3n) is 11.3. The number of rotatable bonds is 10. The first kappa shape index (κ1) is 36.8. The Morgan fingerprint density at radius 1 is 0.868 bits per heavy atom. The number of carbonyl (C=O) groups excluding carboxylic acids is 2. The summed E-state index contributed by atoms with van der Waals surface area (Å²) in [6.07, 6.45) is 3.30. The Morgan fingerprint density at radius 2 is 1.45 bits per heavy atom. The molecule has 9 heteroatoms. The number of para-hydroxylation sites is 2. The molecule has 4 aromatic carbocycles. The number of anilines is 1. The van der Waals surface area contributed by atoms with Crippen molar-refractivity contribution < 1.29 is 28.8 Å². The molecule has 7 rings (SSSR count). The van der Waals surface area contributed by atoms with E-state index in [4.69, 9.17) is 9.08 Å². The summed E-state index contributed by atoms with van der Waals surface area (Å²) in [6, 6.07) is 37.4. The van der Waals surface area contributed by atoms with E-state index < -0.39 is 33.4 Å². The molecular weight excluding hydrogens is 677 g/mol. The van der Waals surface area contributed by atoms with Crippen LogP contribution in [-0.2, 0) is 18.7 Å². The molecule has 4 aromatic rings. The van der Waals surface area contributed by atoms with E-state index in [1.807, 2.05) is 55.5 Å². The lowest BCUT2D eigenvalue weighted by Gasteiger charge is -2.46. The molecule has 0 bridgehead atoms. The number of nitrogens with zero attached hydrogens (tertiary/aromatic N) is 1. The van der Waals surface area contributed by atoms with Crippen LogP contribution in [0.4, 0.5) is 5.69 Å². The van der Waals surface area contributed by atoms with Crippen molar-refractivity contribution in [2.45, 2.75) is 64.4 Å². The second kappa shape index (κ2) is 15.1. The van der Waals surface area contributed by atoms with Gasteiger partial charge in [-0.2, -0.15) is 0 Å². The van der Waals surface area contributed by atoms with Crippen molar-refractivity contribution in [2.24, 2.45) is 17.8 Å². The number of hydrogen-bond donors (Lipinski definition) is 2. The van der Waals surface area contributed by atoms with Crippen molar-refractivity contribution in [3.8, 4) is 5.75 Å². The number of fused-ring (bicyclic) bond motifs is 3. The largest absolute Gasteiger partial charge is 0.507 e. The molecule has 0 saturated carbocycles. The molecule has 7 nitrogen and oxygen atoms in total. The number of benzene rings is 4. The quantitative estimate of drug-likeness (QED) is 0.102. The summed E-state index contributed by atoms with van der Waals surface area (Å²) >= 11 is 0. The molecule has 4 atom stereocenters. The van der Waals surface area contributed by atoms with Gasteiger partial charge < -0.3 is 19.2 Å². The first-order chi connectivity index (χ1) is 25.5. The third-order valence-corrected chi connectivity index (χ3v) is 16.3. The average Bonchev–Trinajstić information content (AvgIpc) is 3.40. The van der Waals surface area contributed by atoms with Crippen LogP contribution in [-0.4, -0.2) is 50.1 Å². The van der Waals surface area contributed by atoms with Crippen LogP contribution in [0.25, 0.3) is 6.08 Å². The number of amides is 2. The Bertz CT molecular complexity index is 1970. The van der Waals surface area contributed by atoms with Crippen LogP contribution in [0.3, 0.4) is 0 Å². The molecule has 3 aliphatic rings. The van der Waals surface area contributed by atoms with Crippen LogP contribution in [0.1, 0.15) is 52.5 Å². The van der Waals surface area contributed by atoms with Crippen LogP contribution < -0.4 is 15.3 Å². The van der Waals surface area contributed by atoms with E-state index in [1.54, 1.807) is 24.3 Å². The molecule has 2 saturated heterocycles. The Hall–Kier alpha value is -4.54. The number of carbonyl (C=O) groups is 2. The summed E-state index contributed by atoms with van der Waals surface area (Å²) in [7, 11) is -4.04. The molecule has 0 unspecified atom stereocenters.